The molecule has 5 heteroatoms. The molecule has 0 saturated heterocycles. The molecule has 20 heavy (non-hydrogen) atoms. The number of aryl methyl sites for hydroxylation is 1. The summed E-state index contributed by atoms with van der Waals surface area (Å²) in [5.74, 6) is 0.818. The highest BCUT2D eigenvalue weighted by atomic mass is 35.5. The van der Waals surface area contributed by atoms with Crippen molar-refractivity contribution in [2.45, 2.75) is 39.2 Å². The Morgan fingerprint density at radius 2 is 2.20 bits per heavy atom. The van der Waals surface area contributed by atoms with E-state index >= 15 is 0 Å². The summed E-state index contributed by atoms with van der Waals surface area (Å²) >= 11 is 0. The molecule has 1 aromatic carbocycles. The van der Waals surface area contributed by atoms with Crippen molar-refractivity contribution in [2.24, 2.45) is 11.7 Å². The van der Waals surface area contributed by atoms with Crippen molar-refractivity contribution in [2.75, 3.05) is 11.9 Å². The fourth-order valence-electron chi connectivity index (χ4n) is 2.57. The van der Waals surface area contributed by atoms with Crippen molar-refractivity contribution < 1.29 is 9.53 Å². The van der Waals surface area contributed by atoms with E-state index in [-0.39, 0.29) is 30.3 Å². The Balaban J connectivity index is 0.00000200. The van der Waals surface area contributed by atoms with E-state index in [4.69, 9.17) is 10.5 Å². The number of rotatable bonds is 4. The minimum absolute atomic E-state index is 0. The quantitative estimate of drug-likeness (QED) is 0.898. The lowest BCUT2D eigenvalue weighted by molar-refractivity contribution is -0.120. The lowest BCUT2D eigenvalue weighted by Crippen LogP contribution is -2.34. The van der Waals surface area contributed by atoms with Crippen LogP contribution in [-0.2, 0) is 4.79 Å². The summed E-state index contributed by atoms with van der Waals surface area (Å²) in [7, 11) is 0. The molecule has 1 saturated carbocycles. The number of anilines is 1. The Hall–Kier alpha value is -1.26. The first-order valence-electron chi connectivity index (χ1n) is 6.91. The molecule has 0 aromatic heterocycles. The molecule has 0 aliphatic heterocycles. The van der Waals surface area contributed by atoms with Gasteiger partial charge < -0.3 is 15.8 Å². The maximum atomic E-state index is 12.2. The van der Waals surface area contributed by atoms with Crippen LogP contribution >= 0.6 is 12.4 Å². The maximum Gasteiger partial charge on any atom is 0.229 e. The average molecular weight is 299 g/mol. The highest BCUT2D eigenvalue weighted by Gasteiger charge is 2.30. The highest BCUT2D eigenvalue weighted by molar-refractivity contribution is 5.94. The normalized spacial score (nSPS) is 21.1. The maximum absolute atomic E-state index is 12.2. The van der Waals surface area contributed by atoms with E-state index < -0.39 is 0 Å². The number of carbonyl (C=O) groups is 1. The largest absolute Gasteiger partial charge is 0.494 e. The van der Waals surface area contributed by atoms with E-state index in [9.17, 15) is 4.79 Å². The minimum atomic E-state index is -0.0500. The summed E-state index contributed by atoms with van der Waals surface area (Å²) in [5.41, 5.74) is 7.80. The highest BCUT2D eigenvalue weighted by Crippen LogP contribution is 2.27. The number of benzene rings is 1. The molecule has 112 valence electrons. The van der Waals surface area contributed by atoms with Crippen molar-refractivity contribution in [1.29, 1.82) is 0 Å². The number of amides is 1. The van der Waals surface area contributed by atoms with Gasteiger partial charge in [0.1, 0.15) is 5.75 Å². The molecule has 2 rings (SSSR count). The monoisotopic (exact) mass is 298 g/mol. The number of carbonyl (C=O) groups excluding carboxylic acids is 1. The van der Waals surface area contributed by atoms with Crippen LogP contribution in [0.4, 0.5) is 5.69 Å². The van der Waals surface area contributed by atoms with Gasteiger partial charge in [-0.15, -0.1) is 12.4 Å². The van der Waals surface area contributed by atoms with E-state index in [1.165, 1.54) is 0 Å². The Kier molecular flexibility index (Phi) is 6.30. The van der Waals surface area contributed by atoms with E-state index in [0.29, 0.717) is 6.61 Å². The molecule has 2 unspecified atom stereocenters. The van der Waals surface area contributed by atoms with Gasteiger partial charge in [0, 0.05) is 11.7 Å². The molecule has 1 amide bonds. The molecule has 1 aromatic rings. The van der Waals surface area contributed by atoms with E-state index in [0.717, 1.165) is 36.3 Å². The summed E-state index contributed by atoms with van der Waals surface area (Å²) in [6.45, 7) is 4.56. The summed E-state index contributed by atoms with van der Waals surface area (Å²) < 4.78 is 5.43. The van der Waals surface area contributed by atoms with E-state index in [1.807, 2.05) is 32.0 Å². The number of ether oxygens (including phenoxy) is 1. The van der Waals surface area contributed by atoms with Crippen LogP contribution in [0.1, 0.15) is 31.7 Å². The summed E-state index contributed by atoms with van der Waals surface area (Å²) in [6, 6.07) is 5.70. The average Bonchev–Trinajstić information content (AvgIpc) is 2.79. The summed E-state index contributed by atoms with van der Waals surface area (Å²) in [4.78, 5) is 12.2. The molecular formula is C15H23ClN2O2. The second kappa shape index (κ2) is 7.50. The first-order valence-corrected chi connectivity index (χ1v) is 6.91. The van der Waals surface area contributed by atoms with Gasteiger partial charge in [0.15, 0.2) is 0 Å². The first kappa shape index (κ1) is 16.8. The minimum Gasteiger partial charge on any atom is -0.494 e. The van der Waals surface area contributed by atoms with Crippen LogP contribution in [0.2, 0.25) is 0 Å². The third-order valence-electron chi connectivity index (χ3n) is 3.67. The predicted molar refractivity (Wildman–Crippen MR) is 83.5 cm³/mol. The Bertz CT molecular complexity index is 465. The second-order valence-electron chi connectivity index (χ2n) is 5.10. The fraction of sp³-hybridized carbons (Fsp3) is 0.533. The number of halogens is 1. The summed E-state index contributed by atoms with van der Waals surface area (Å²) in [6.07, 6.45) is 2.88. The van der Waals surface area contributed by atoms with Crippen molar-refractivity contribution in [1.82, 2.24) is 0 Å². The Morgan fingerprint density at radius 1 is 1.45 bits per heavy atom. The third kappa shape index (κ3) is 3.87. The van der Waals surface area contributed by atoms with Crippen molar-refractivity contribution in [3.8, 4) is 5.75 Å². The number of nitrogens with one attached hydrogen (secondary N) is 1. The predicted octanol–water partition coefficient (Wildman–Crippen LogP) is 2.88. The lowest BCUT2D eigenvalue weighted by atomic mass is 10.0. The Morgan fingerprint density at radius 3 is 2.75 bits per heavy atom. The van der Waals surface area contributed by atoms with Crippen LogP contribution in [0.5, 0.6) is 5.75 Å². The van der Waals surface area contributed by atoms with Gasteiger partial charge in [-0.2, -0.15) is 0 Å². The van der Waals surface area contributed by atoms with Crippen molar-refractivity contribution >= 4 is 24.0 Å². The summed E-state index contributed by atoms with van der Waals surface area (Å²) in [5, 5.41) is 2.98. The molecule has 0 spiro atoms. The molecule has 1 aliphatic rings. The second-order valence-corrected chi connectivity index (χ2v) is 5.10. The zero-order chi connectivity index (χ0) is 13.8. The number of nitrogens with two attached hydrogens (primary N) is 1. The zero-order valence-corrected chi connectivity index (χ0v) is 12.8. The van der Waals surface area contributed by atoms with Crippen LogP contribution in [0.25, 0.3) is 0 Å². The topological polar surface area (TPSA) is 64.3 Å². The first-order chi connectivity index (χ1) is 9.11. The fourth-order valence-corrected chi connectivity index (χ4v) is 2.57. The van der Waals surface area contributed by atoms with Crippen LogP contribution in [0.15, 0.2) is 18.2 Å². The van der Waals surface area contributed by atoms with Crippen LogP contribution in [-0.4, -0.2) is 18.6 Å². The molecule has 0 heterocycles. The van der Waals surface area contributed by atoms with Gasteiger partial charge >= 0.3 is 0 Å². The molecule has 3 N–H and O–H groups in total. The van der Waals surface area contributed by atoms with Crippen LogP contribution < -0.4 is 15.8 Å². The zero-order valence-electron chi connectivity index (χ0n) is 12.0. The van der Waals surface area contributed by atoms with Gasteiger partial charge in [0.05, 0.1) is 12.5 Å². The number of hydrogen-bond donors (Lipinski definition) is 2. The van der Waals surface area contributed by atoms with Crippen molar-refractivity contribution in [3.05, 3.63) is 23.8 Å². The van der Waals surface area contributed by atoms with Gasteiger partial charge in [0.25, 0.3) is 0 Å². The molecular weight excluding hydrogens is 276 g/mol. The van der Waals surface area contributed by atoms with Gasteiger partial charge in [0.2, 0.25) is 5.91 Å². The number of hydrogen-bond acceptors (Lipinski definition) is 3. The third-order valence-corrected chi connectivity index (χ3v) is 3.67. The smallest absolute Gasteiger partial charge is 0.229 e. The van der Waals surface area contributed by atoms with Crippen LogP contribution in [0.3, 0.4) is 0 Å². The van der Waals surface area contributed by atoms with E-state index in [1.54, 1.807) is 0 Å². The molecule has 4 nitrogen and oxygen atoms in total. The molecule has 0 radical (unpaired) electrons. The van der Waals surface area contributed by atoms with Gasteiger partial charge in [-0.05, 0) is 50.5 Å². The Labute approximate surface area is 126 Å². The van der Waals surface area contributed by atoms with Gasteiger partial charge in [-0.1, -0.05) is 6.42 Å². The van der Waals surface area contributed by atoms with E-state index in [2.05, 4.69) is 5.32 Å². The SMILES string of the molecule is CCOc1ccc(NC(=O)C2CCCC2N)c(C)c1.Cl. The molecule has 1 fully saturated rings. The molecule has 1 aliphatic carbocycles. The van der Waals surface area contributed by atoms with Crippen LogP contribution in [0, 0.1) is 12.8 Å². The molecule has 0 bridgehead atoms. The van der Waals surface area contributed by atoms with Crippen molar-refractivity contribution in [3.63, 3.8) is 0 Å². The standard InChI is InChI=1S/C15H22N2O2.ClH/c1-3-19-11-7-8-14(10(2)9-11)17-15(18)12-5-4-6-13(12)16;/h7-9,12-13H,3-6,16H2,1-2H3,(H,17,18);1H. The molecule has 2 atom stereocenters. The van der Waals surface area contributed by atoms with Gasteiger partial charge in [-0.3, -0.25) is 4.79 Å². The van der Waals surface area contributed by atoms with Gasteiger partial charge in [-0.25, -0.2) is 0 Å². The lowest BCUT2D eigenvalue weighted by Gasteiger charge is -2.16.